The normalized spacial score (nSPS) is 13.8. The summed E-state index contributed by atoms with van der Waals surface area (Å²) >= 11 is 0. The molecule has 0 atom stereocenters. The minimum absolute atomic E-state index is 0.222. The van der Waals surface area contributed by atoms with Crippen molar-refractivity contribution in [2.75, 3.05) is 56.3 Å². The SMILES string of the molecule is CCOc1cc(N2CCOCC2)c(OCC)cc1NC(=O)COC(=O)CC. The second-order valence-electron chi connectivity index (χ2n) is 5.84. The Labute approximate surface area is 159 Å². The summed E-state index contributed by atoms with van der Waals surface area (Å²) in [5.74, 6) is 0.341. The molecule has 1 amide bonds. The molecule has 1 aliphatic heterocycles. The Morgan fingerprint density at radius 1 is 1.07 bits per heavy atom. The number of anilines is 2. The lowest BCUT2D eigenvalue weighted by Gasteiger charge is -2.31. The summed E-state index contributed by atoms with van der Waals surface area (Å²) in [5, 5.41) is 2.74. The smallest absolute Gasteiger partial charge is 0.306 e. The van der Waals surface area contributed by atoms with Crippen LogP contribution in [0.25, 0.3) is 0 Å². The molecule has 1 N–H and O–H groups in total. The zero-order chi connectivity index (χ0) is 19.6. The van der Waals surface area contributed by atoms with E-state index in [1.165, 1.54) is 0 Å². The number of hydrogen-bond acceptors (Lipinski definition) is 7. The molecule has 150 valence electrons. The van der Waals surface area contributed by atoms with Crippen molar-refractivity contribution in [2.24, 2.45) is 0 Å². The number of ether oxygens (including phenoxy) is 4. The van der Waals surface area contributed by atoms with Gasteiger partial charge in [0, 0.05) is 31.6 Å². The minimum Gasteiger partial charge on any atom is -0.492 e. The van der Waals surface area contributed by atoms with Crippen LogP contribution in [0.4, 0.5) is 11.4 Å². The van der Waals surface area contributed by atoms with Gasteiger partial charge in [0.15, 0.2) is 6.61 Å². The average molecular weight is 380 g/mol. The first-order valence-corrected chi connectivity index (χ1v) is 9.30. The van der Waals surface area contributed by atoms with Crippen LogP contribution in [-0.4, -0.2) is 58.0 Å². The van der Waals surface area contributed by atoms with E-state index in [0.717, 1.165) is 18.8 Å². The molecule has 1 fully saturated rings. The van der Waals surface area contributed by atoms with E-state index in [-0.39, 0.29) is 13.0 Å². The van der Waals surface area contributed by atoms with Crippen molar-refractivity contribution < 1.29 is 28.5 Å². The van der Waals surface area contributed by atoms with Crippen LogP contribution in [0, 0.1) is 0 Å². The number of esters is 1. The fourth-order valence-corrected chi connectivity index (χ4v) is 2.68. The maximum atomic E-state index is 12.1. The van der Waals surface area contributed by atoms with Crippen LogP contribution in [0.1, 0.15) is 27.2 Å². The Kier molecular flexibility index (Phi) is 8.19. The van der Waals surface area contributed by atoms with Gasteiger partial charge in [-0.05, 0) is 13.8 Å². The van der Waals surface area contributed by atoms with Gasteiger partial charge < -0.3 is 29.2 Å². The number of carbonyl (C=O) groups is 2. The summed E-state index contributed by atoms with van der Waals surface area (Å²) in [7, 11) is 0. The van der Waals surface area contributed by atoms with Crippen LogP contribution >= 0.6 is 0 Å². The van der Waals surface area contributed by atoms with Crippen molar-refractivity contribution in [3.05, 3.63) is 12.1 Å². The van der Waals surface area contributed by atoms with Crippen molar-refractivity contribution in [3.8, 4) is 11.5 Å². The molecule has 0 saturated carbocycles. The van der Waals surface area contributed by atoms with Crippen LogP contribution < -0.4 is 19.7 Å². The van der Waals surface area contributed by atoms with E-state index in [1.54, 1.807) is 13.0 Å². The number of nitrogens with one attached hydrogen (secondary N) is 1. The Morgan fingerprint density at radius 3 is 2.37 bits per heavy atom. The highest BCUT2D eigenvalue weighted by Crippen LogP contribution is 2.39. The van der Waals surface area contributed by atoms with Crippen molar-refractivity contribution in [1.29, 1.82) is 0 Å². The van der Waals surface area contributed by atoms with E-state index in [2.05, 4.69) is 10.2 Å². The van der Waals surface area contributed by atoms with Gasteiger partial charge in [-0.2, -0.15) is 0 Å². The predicted molar refractivity (Wildman–Crippen MR) is 102 cm³/mol. The predicted octanol–water partition coefficient (Wildman–Crippen LogP) is 2.21. The standard InChI is InChI=1S/C19H28N2O6/c1-4-19(23)27-13-18(22)20-14-11-17(26-6-3)15(12-16(14)25-5-2)21-7-9-24-10-8-21/h11-12H,4-10,13H2,1-3H3,(H,20,22). The summed E-state index contributed by atoms with van der Waals surface area (Å²) in [5.41, 5.74) is 1.38. The molecule has 0 radical (unpaired) electrons. The quantitative estimate of drug-likeness (QED) is 0.657. The van der Waals surface area contributed by atoms with Crippen LogP contribution in [0.3, 0.4) is 0 Å². The molecular formula is C19H28N2O6. The highest BCUT2D eigenvalue weighted by Gasteiger charge is 2.20. The molecular weight excluding hydrogens is 352 g/mol. The molecule has 8 nitrogen and oxygen atoms in total. The lowest BCUT2D eigenvalue weighted by molar-refractivity contribution is -0.146. The molecule has 1 aromatic carbocycles. The van der Waals surface area contributed by atoms with Gasteiger partial charge >= 0.3 is 5.97 Å². The van der Waals surface area contributed by atoms with Gasteiger partial charge in [-0.25, -0.2) is 0 Å². The number of carbonyl (C=O) groups excluding carboxylic acids is 2. The molecule has 8 heteroatoms. The molecule has 0 aromatic heterocycles. The third-order valence-electron chi connectivity index (χ3n) is 3.94. The van der Waals surface area contributed by atoms with Crippen LogP contribution in [0.15, 0.2) is 12.1 Å². The van der Waals surface area contributed by atoms with Gasteiger partial charge in [-0.1, -0.05) is 6.92 Å². The highest BCUT2D eigenvalue weighted by atomic mass is 16.5. The summed E-state index contributed by atoms with van der Waals surface area (Å²) in [6.45, 7) is 8.86. The fraction of sp³-hybridized carbons (Fsp3) is 0.579. The van der Waals surface area contributed by atoms with Gasteiger partial charge in [0.2, 0.25) is 0 Å². The molecule has 1 saturated heterocycles. The van der Waals surface area contributed by atoms with E-state index in [1.807, 2.05) is 19.9 Å². The third-order valence-corrected chi connectivity index (χ3v) is 3.94. The van der Waals surface area contributed by atoms with Crippen LogP contribution in [0.5, 0.6) is 11.5 Å². The Morgan fingerprint density at radius 2 is 1.74 bits per heavy atom. The first kappa shape index (κ1) is 20.8. The van der Waals surface area contributed by atoms with Gasteiger partial charge in [0.05, 0.1) is 37.8 Å². The molecule has 1 aromatic rings. The maximum absolute atomic E-state index is 12.1. The Balaban J connectivity index is 2.25. The highest BCUT2D eigenvalue weighted by molar-refractivity contribution is 5.95. The van der Waals surface area contributed by atoms with Crippen molar-refractivity contribution in [2.45, 2.75) is 27.2 Å². The number of benzene rings is 1. The molecule has 0 bridgehead atoms. The van der Waals surface area contributed by atoms with Gasteiger partial charge in [-0.15, -0.1) is 0 Å². The third kappa shape index (κ3) is 6.02. The second kappa shape index (κ2) is 10.6. The summed E-state index contributed by atoms with van der Waals surface area (Å²) in [6, 6.07) is 3.62. The number of nitrogens with zero attached hydrogens (tertiary/aromatic N) is 1. The maximum Gasteiger partial charge on any atom is 0.306 e. The lowest BCUT2D eigenvalue weighted by atomic mass is 10.2. The fourth-order valence-electron chi connectivity index (χ4n) is 2.68. The summed E-state index contributed by atoms with van der Waals surface area (Å²) in [6.07, 6.45) is 0.222. The lowest BCUT2D eigenvalue weighted by Crippen LogP contribution is -2.36. The number of amides is 1. The van der Waals surface area contributed by atoms with Crippen molar-refractivity contribution in [1.82, 2.24) is 0 Å². The van der Waals surface area contributed by atoms with E-state index in [0.29, 0.717) is 43.6 Å². The monoisotopic (exact) mass is 380 g/mol. The molecule has 0 spiro atoms. The van der Waals surface area contributed by atoms with Gasteiger partial charge in [0.1, 0.15) is 11.5 Å². The Bertz CT molecular complexity index is 643. The second-order valence-corrected chi connectivity index (χ2v) is 5.84. The van der Waals surface area contributed by atoms with E-state index < -0.39 is 11.9 Å². The van der Waals surface area contributed by atoms with Gasteiger partial charge in [-0.3, -0.25) is 9.59 Å². The zero-order valence-corrected chi connectivity index (χ0v) is 16.2. The van der Waals surface area contributed by atoms with Crippen LogP contribution in [-0.2, 0) is 19.1 Å². The number of hydrogen-bond donors (Lipinski definition) is 1. The average Bonchev–Trinajstić information content (AvgIpc) is 2.69. The minimum atomic E-state index is -0.431. The zero-order valence-electron chi connectivity index (χ0n) is 16.2. The molecule has 1 heterocycles. The van der Waals surface area contributed by atoms with Crippen LogP contribution in [0.2, 0.25) is 0 Å². The summed E-state index contributed by atoms with van der Waals surface area (Å²) in [4.78, 5) is 25.5. The van der Waals surface area contributed by atoms with E-state index in [4.69, 9.17) is 18.9 Å². The Hall–Kier alpha value is -2.48. The number of morpholine rings is 1. The first-order chi connectivity index (χ1) is 13.1. The number of rotatable bonds is 9. The molecule has 0 unspecified atom stereocenters. The van der Waals surface area contributed by atoms with Gasteiger partial charge in [0.25, 0.3) is 5.91 Å². The first-order valence-electron chi connectivity index (χ1n) is 9.30. The largest absolute Gasteiger partial charge is 0.492 e. The molecule has 1 aliphatic rings. The van der Waals surface area contributed by atoms with E-state index >= 15 is 0 Å². The molecule has 0 aliphatic carbocycles. The van der Waals surface area contributed by atoms with Crippen molar-refractivity contribution in [3.63, 3.8) is 0 Å². The topological polar surface area (TPSA) is 86.3 Å². The molecule has 2 rings (SSSR count). The molecule has 27 heavy (non-hydrogen) atoms. The summed E-state index contributed by atoms with van der Waals surface area (Å²) < 4.78 is 21.8. The van der Waals surface area contributed by atoms with Crippen molar-refractivity contribution >= 4 is 23.3 Å². The van der Waals surface area contributed by atoms with E-state index in [9.17, 15) is 9.59 Å².